The number of nitrogens with two attached hydrogens (primary N) is 3. The van der Waals surface area contributed by atoms with Crippen LogP contribution in [-0.4, -0.2) is 55.5 Å². The van der Waals surface area contributed by atoms with Gasteiger partial charge in [0.2, 0.25) is 0 Å². The van der Waals surface area contributed by atoms with Crippen molar-refractivity contribution in [2.24, 2.45) is 17.2 Å². The van der Waals surface area contributed by atoms with Gasteiger partial charge < -0.3 is 31.8 Å². The molecule has 4 unspecified atom stereocenters. The van der Waals surface area contributed by atoms with Crippen LogP contribution in [0.25, 0.3) is 0 Å². The summed E-state index contributed by atoms with van der Waals surface area (Å²) < 4.78 is 21.0. The number of aliphatic hydroxyl groups excluding tert-OH is 1. The number of ether oxygens (including phenoxy) is 2. The molecule has 0 aromatic carbocycles. The van der Waals surface area contributed by atoms with Gasteiger partial charge in [0.1, 0.15) is 6.10 Å². The van der Waals surface area contributed by atoms with Gasteiger partial charge >= 0.3 is 0 Å². The Bertz CT molecular complexity index is 261. The summed E-state index contributed by atoms with van der Waals surface area (Å²) in [5, 5.41) is 10.00. The first-order valence-corrected chi connectivity index (χ1v) is 7.18. The van der Waals surface area contributed by atoms with Gasteiger partial charge in [0.05, 0.1) is 19.4 Å². The molecule has 6 atom stereocenters. The van der Waals surface area contributed by atoms with Gasteiger partial charge in [0.15, 0.2) is 6.29 Å². The highest BCUT2D eigenvalue weighted by Crippen LogP contribution is 2.26. The second-order valence-corrected chi connectivity index (χ2v) is 5.42. The van der Waals surface area contributed by atoms with Gasteiger partial charge in [-0.2, -0.15) is 0 Å². The summed E-state index contributed by atoms with van der Waals surface area (Å²) in [4.78, 5) is 0. The Labute approximate surface area is 119 Å². The van der Waals surface area contributed by atoms with Crippen LogP contribution in [0.5, 0.6) is 0 Å². The summed E-state index contributed by atoms with van der Waals surface area (Å²) in [7, 11) is 0.500. The Morgan fingerprint density at radius 1 is 1.25 bits per heavy atom. The molecule has 0 aromatic heterocycles. The van der Waals surface area contributed by atoms with E-state index in [1.165, 1.54) is 0 Å². The van der Waals surface area contributed by atoms with Crippen molar-refractivity contribution in [1.82, 2.24) is 0 Å². The first-order chi connectivity index (χ1) is 9.60. The van der Waals surface area contributed by atoms with Gasteiger partial charge in [0, 0.05) is 18.6 Å². The third-order valence-corrected chi connectivity index (χ3v) is 3.80. The molecule has 0 spiro atoms. The number of aliphatic hydroxyl groups is 1. The Morgan fingerprint density at radius 3 is 2.55 bits per heavy atom. The van der Waals surface area contributed by atoms with Gasteiger partial charge in [-0.3, -0.25) is 4.39 Å². The lowest BCUT2D eigenvalue weighted by Crippen LogP contribution is -2.55. The van der Waals surface area contributed by atoms with Gasteiger partial charge in [-0.25, -0.2) is 0 Å². The van der Waals surface area contributed by atoms with Crippen molar-refractivity contribution in [3.8, 4) is 0 Å². The van der Waals surface area contributed by atoms with Crippen LogP contribution in [0, 0.1) is 0 Å². The zero-order chi connectivity index (χ0) is 15.1. The molecular weight excluding hydrogens is 265 g/mol. The van der Waals surface area contributed by atoms with E-state index >= 15 is 0 Å². The highest BCUT2D eigenvalue weighted by molar-refractivity contribution is 4.91. The lowest BCUT2D eigenvalue weighted by Gasteiger charge is -2.39. The monoisotopic (exact) mass is 293 g/mol. The Balaban J connectivity index is 0.000000956. The third-order valence-electron chi connectivity index (χ3n) is 3.80. The van der Waals surface area contributed by atoms with Crippen LogP contribution >= 0.6 is 0 Å². The molecule has 6 nitrogen and oxygen atoms in total. The van der Waals surface area contributed by atoms with Crippen molar-refractivity contribution >= 4 is 0 Å². The Kier molecular flexibility index (Phi) is 7.86. The standard InChI is InChI=1S/C12H25N3O3.CH3F/c13-6-8-2-1-3-11(17-8)18-12-9(15)4-7(14)5-10(12)16;1-2/h7-12,16H,1-6,13-15H2;1H3/t7?,8?,9?,10?,11-,12-;/m1./s1. The molecule has 2 rings (SSSR count). The zero-order valence-corrected chi connectivity index (χ0v) is 12.1. The molecule has 1 aliphatic carbocycles. The number of hydrogen-bond donors (Lipinski definition) is 4. The van der Waals surface area contributed by atoms with Crippen LogP contribution in [0.1, 0.15) is 32.1 Å². The second-order valence-electron chi connectivity index (χ2n) is 5.42. The second kappa shape index (κ2) is 8.86. The molecule has 0 amide bonds. The summed E-state index contributed by atoms with van der Waals surface area (Å²) in [6, 6.07) is -0.274. The van der Waals surface area contributed by atoms with E-state index in [1.807, 2.05) is 0 Å². The van der Waals surface area contributed by atoms with Crippen LogP contribution in [0.2, 0.25) is 0 Å². The molecule has 1 saturated heterocycles. The van der Waals surface area contributed by atoms with Crippen molar-refractivity contribution in [1.29, 1.82) is 0 Å². The zero-order valence-electron chi connectivity index (χ0n) is 12.1. The molecule has 0 bridgehead atoms. The van der Waals surface area contributed by atoms with Gasteiger partial charge in [-0.05, 0) is 32.1 Å². The summed E-state index contributed by atoms with van der Waals surface area (Å²) in [6.45, 7) is 0.504. The van der Waals surface area contributed by atoms with E-state index in [9.17, 15) is 9.50 Å². The van der Waals surface area contributed by atoms with Crippen molar-refractivity contribution in [3.05, 3.63) is 0 Å². The minimum absolute atomic E-state index is 0.0427. The normalized spacial score (nSPS) is 41.7. The predicted molar refractivity (Wildman–Crippen MR) is 74.7 cm³/mol. The Hall–Kier alpha value is -0.310. The highest BCUT2D eigenvalue weighted by atomic mass is 19.1. The average Bonchev–Trinajstić information content (AvgIpc) is 2.45. The van der Waals surface area contributed by atoms with E-state index in [1.54, 1.807) is 0 Å². The molecule has 120 valence electrons. The van der Waals surface area contributed by atoms with Gasteiger partial charge in [0.25, 0.3) is 0 Å². The summed E-state index contributed by atoms with van der Waals surface area (Å²) >= 11 is 0. The van der Waals surface area contributed by atoms with Crippen LogP contribution in [-0.2, 0) is 9.47 Å². The first kappa shape index (κ1) is 17.7. The molecule has 1 aliphatic heterocycles. The van der Waals surface area contributed by atoms with Crippen LogP contribution in [0.15, 0.2) is 0 Å². The molecule has 7 N–H and O–H groups in total. The lowest BCUT2D eigenvalue weighted by molar-refractivity contribution is -0.235. The fourth-order valence-corrected chi connectivity index (χ4v) is 2.81. The topological polar surface area (TPSA) is 117 Å². The summed E-state index contributed by atoms with van der Waals surface area (Å²) in [6.07, 6.45) is 2.82. The molecule has 0 radical (unpaired) electrons. The number of rotatable bonds is 3. The van der Waals surface area contributed by atoms with Crippen molar-refractivity contribution in [2.45, 2.75) is 68.8 Å². The molecule has 1 saturated carbocycles. The van der Waals surface area contributed by atoms with E-state index in [-0.39, 0.29) is 30.6 Å². The van der Waals surface area contributed by atoms with Gasteiger partial charge in [-0.1, -0.05) is 0 Å². The van der Waals surface area contributed by atoms with E-state index in [0.29, 0.717) is 26.6 Å². The van der Waals surface area contributed by atoms with Crippen LogP contribution < -0.4 is 17.2 Å². The summed E-state index contributed by atoms with van der Waals surface area (Å²) in [5.41, 5.74) is 17.4. The average molecular weight is 293 g/mol. The fraction of sp³-hybridized carbons (Fsp3) is 1.00. The lowest BCUT2D eigenvalue weighted by atomic mass is 9.87. The van der Waals surface area contributed by atoms with Crippen LogP contribution in [0.3, 0.4) is 0 Å². The van der Waals surface area contributed by atoms with E-state index in [0.717, 1.165) is 19.3 Å². The van der Waals surface area contributed by atoms with Crippen molar-refractivity contribution < 1.29 is 19.0 Å². The van der Waals surface area contributed by atoms with Crippen molar-refractivity contribution in [3.63, 3.8) is 0 Å². The predicted octanol–water partition coefficient (Wildman–Crippen LogP) is -0.379. The maximum atomic E-state index is 10.00. The van der Waals surface area contributed by atoms with Crippen LogP contribution in [0.4, 0.5) is 4.39 Å². The number of hydrogen-bond acceptors (Lipinski definition) is 6. The maximum Gasteiger partial charge on any atom is 0.158 e. The molecule has 0 aromatic rings. The largest absolute Gasteiger partial charge is 0.390 e. The van der Waals surface area contributed by atoms with E-state index in [4.69, 9.17) is 26.7 Å². The quantitative estimate of drug-likeness (QED) is 0.563. The fourth-order valence-electron chi connectivity index (χ4n) is 2.81. The number of alkyl halides is 1. The first-order valence-electron chi connectivity index (χ1n) is 7.18. The van der Waals surface area contributed by atoms with Gasteiger partial charge in [-0.15, -0.1) is 0 Å². The van der Waals surface area contributed by atoms with Crippen molar-refractivity contribution in [2.75, 3.05) is 13.7 Å². The minimum Gasteiger partial charge on any atom is -0.390 e. The summed E-state index contributed by atoms with van der Waals surface area (Å²) in [5.74, 6) is 0. The number of halogens is 1. The molecular formula is C13H28FN3O3. The Morgan fingerprint density at radius 2 is 1.95 bits per heavy atom. The maximum absolute atomic E-state index is 10.00. The molecule has 1 heterocycles. The van der Waals surface area contributed by atoms with E-state index < -0.39 is 6.10 Å². The molecule has 2 fully saturated rings. The smallest absolute Gasteiger partial charge is 0.158 e. The van der Waals surface area contributed by atoms with E-state index in [2.05, 4.69) is 0 Å². The molecule has 20 heavy (non-hydrogen) atoms. The minimum atomic E-state index is -0.606. The third kappa shape index (κ3) is 4.91. The molecule has 2 aliphatic rings. The SMILES string of the molecule is CF.NCC1CCC[C@@H](O[C@@H]2C(N)CC(N)CC2O)O1. The highest BCUT2D eigenvalue weighted by Gasteiger charge is 2.37. The molecule has 7 heteroatoms.